The van der Waals surface area contributed by atoms with Gasteiger partial charge in [0, 0.05) is 16.4 Å². The average molecular weight is 322 g/mol. The molecular weight excluding hydrogens is 306 g/mol. The molecule has 0 radical (unpaired) electrons. The van der Waals surface area contributed by atoms with Crippen molar-refractivity contribution in [2.24, 2.45) is 5.10 Å². The first-order valence-electron chi connectivity index (χ1n) is 7.26. The molecule has 0 spiro atoms. The summed E-state index contributed by atoms with van der Waals surface area (Å²) in [6, 6.07) is 25.6. The maximum Gasteiger partial charge on any atom is 0.0562 e. The molecule has 4 heteroatoms. The van der Waals surface area contributed by atoms with E-state index >= 15 is 0 Å². The molecule has 0 aliphatic heterocycles. The summed E-state index contributed by atoms with van der Waals surface area (Å²) in [5.41, 5.74) is 6.99. The molecular formula is C19H16ClN3. The molecule has 0 saturated heterocycles. The van der Waals surface area contributed by atoms with Gasteiger partial charge in [-0.2, -0.15) is 5.10 Å². The number of hydrogen-bond acceptors (Lipinski definition) is 3. The zero-order chi connectivity index (χ0) is 15.9. The van der Waals surface area contributed by atoms with Gasteiger partial charge in [0.1, 0.15) is 0 Å². The number of para-hydroxylation sites is 1. The molecule has 0 heterocycles. The molecule has 0 saturated carbocycles. The van der Waals surface area contributed by atoms with Crippen molar-refractivity contribution >= 4 is 34.9 Å². The lowest BCUT2D eigenvalue weighted by atomic mass is 10.2. The van der Waals surface area contributed by atoms with Crippen LogP contribution in [0.25, 0.3) is 0 Å². The molecule has 0 bridgehead atoms. The number of nitrogens with zero attached hydrogens (tertiary/aromatic N) is 1. The quantitative estimate of drug-likeness (QED) is 0.479. The van der Waals surface area contributed by atoms with Gasteiger partial charge in [-0.25, -0.2) is 0 Å². The molecule has 3 aromatic carbocycles. The highest BCUT2D eigenvalue weighted by atomic mass is 35.5. The zero-order valence-corrected chi connectivity index (χ0v) is 13.2. The smallest absolute Gasteiger partial charge is 0.0562 e. The first-order valence-corrected chi connectivity index (χ1v) is 7.64. The number of halogens is 1. The molecule has 0 aliphatic rings. The van der Waals surface area contributed by atoms with Crippen LogP contribution in [0.5, 0.6) is 0 Å². The maximum absolute atomic E-state index is 5.84. The van der Waals surface area contributed by atoms with E-state index in [0.29, 0.717) is 5.02 Å². The zero-order valence-electron chi connectivity index (χ0n) is 12.4. The van der Waals surface area contributed by atoms with Crippen LogP contribution in [0.4, 0.5) is 17.1 Å². The first-order chi connectivity index (χ1) is 11.3. The van der Waals surface area contributed by atoms with Crippen molar-refractivity contribution in [3.8, 4) is 0 Å². The Hall–Kier alpha value is -2.78. The minimum absolute atomic E-state index is 0.709. The van der Waals surface area contributed by atoms with E-state index in [2.05, 4.69) is 15.8 Å². The molecule has 114 valence electrons. The van der Waals surface area contributed by atoms with Gasteiger partial charge in [-0.15, -0.1) is 0 Å². The summed E-state index contributed by atoms with van der Waals surface area (Å²) in [5, 5.41) is 8.27. The summed E-state index contributed by atoms with van der Waals surface area (Å²) in [6.45, 7) is 0. The molecule has 3 rings (SSSR count). The van der Waals surface area contributed by atoms with Crippen molar-refractivity contribution < 1.29 is 0 Å². The first kappa shape index (κ1) is 15.1. The topological polar surface area (TPSA) is 36.4 Å². The Morgan fingerprint density at radius 2 is 1.30 bits per heavy atom. The SMILES string of the molecule is Clc1ccc(N/N=C\c2ccc(Nc3ccccc3)cc2)cc1. The number of nitrogens with one attached hydrogen (secondary N) is 2. The van der Waals surface area contributed by atoms with E-state index in [4.69, 9.17) is 11.6 Å². The van der Waals surface area contributed by atoms with E-state index in [9.17, 15) is 0 Å². The van der Waals surface area contributed by atoms with Gasteiger partial charge >= 0.3 is 0 Å². The average Bonchev–Trinajstić information content (AvgIpc) is 2.59. The van der Waals surface area contributed by atoms with E-state index < -0.39 is 0 Å². The molecule has 0 aliphatic carbocycles. The monoisotopic (exact) mass is 321 g/mol. The van der Waals surface area contributed by atoms with E-state index in [1.165, 1.54) is 0 Å². The Morgan fingerprint density at radius 3 is 2.00 bits per heavy atom. The highest BCUT2D eigenvalue weighted by Gasteiger charge is 1.94. The van der Waals surface area contributed by atoms with Gasteiger partial charge in [-0.1, -0.05) is 41.9 Å². The van der Waals surface area contributed by atoms with Crippen molar-refractivity contribution in [1.29, 1.82) is 0 Å². The van der Waals surface area contributed by atoms with Gasteiger partial charge in [-0.05, 0) is 54.1 Å². The van der Waals surface area contributed by atoms with Gasteiger partial charge < -0.3 is 5.32 Å². The van der Waals surface area contributed by atoms with E-state index in [0.717, 1.165) is 22.6 Å². The molecule has 0 aromatic heterocycles. The fourth-order valence-electron chi connectivity index (χ4n) is 2.05. The van der Waals surface area contributed by atoms with Gasteiger partial charge in [0.2, 0.25) is 0 Å². The number of benzene rings is 3. The Kier molecular flexibility index (Phi) is 4.92. The lowest BCUT2D eigenvalue weighted by Gasteiger charge is -2.06. The number of hydrazone groups is 1. The molecule has 2 N–H and O–H groups in total. The van der Waals surface area contributed by atoms with Crippen LogP contribution in [-0.2, 0) is 0 Å². The fraction of sp³-hybridized carbons (Fsp3) is 0. The van der Waals surface area contributed by atoms with Crippen LogP contribution in [0.1, 0.15) is 5.56 Å². The van der Waals surface area contributed by atoms with Crippen LogP contribution in [0.3, 0.4) is 0 Å². The summed E-state index contributed by atoms with van der Waals surface area (Å²) >= 11 is 5.84. The van der Waals surface area contributed by atoms with Crippen LogP contribution < -0.4 is 10.7 Å². The summed E-state index contributed by atoms with van der Waals surface area (Å²) < 4.78 is 0. The second kappa shape index (κ2) is 7.47. The third-order valence-electron chi connectivity index (χ3n) is 3.22. The number of rotatable bonds is 5. The second-order valence-electron chi connectivity index (χ2n) is 4.99. The molecule has 3 aromatic rings. The van der Waals surface area contributed by atoms with Crippen molar-refractivity contribution in [2.45, 2.75) is 0 Å². The predicted molar refractivity (Wildman–Crippen MR) is 98.8 cm³/mol. The minimum atomic E-state index is 0.709. The lowest BCUT2D eigenvalue weighted by molar-refractivity contribution is 1.35. The van der Waals surface area contributed by atoms with E-state index in [1.807, 2.05) is 78.9 Å². The van der Waals surface area contributed by atoms with Crippen LogP contribution in [-0.4, -0.2) is 6.21 Å². The Balaban J connectivity index is 1.58. The van der Waals surface area contributed by atoms with Crippen LogP contribution in [0.2, 0.25) is 5.02 Å². The fourth-order valence-corrected chi connectivity index (χ4v) is 2.17. The number of anilines is 3. The molecule has 0 unspecified atom stereocenters. The van der Waals surface area contributed by atoms with Crippen molar-refractivity contribution in [3.05, 3.63) is 89.4 Å². The van der Waals surface area contributed by atoms with Gasteiger partial charge in [0.05, 0.1) is 11.9 Å². The third-order valence-corrected chi connectivity index (χ3v) is 3.48. The molecule has 3 nitrogen and oxygen atoms in total. The molecule has 0 fully saturated rings. The van der Waals surface area contributed by atoms with Crippen LogP contribution in [0.15, 0.2) is 84.0 Å². The summed E-state index contributed by atoms with van der Waals surface area (Å²) in [7, 11) is 0. The Morgan fingerprint density at radius 1 is 0.696 bits per heavy atom. The third kappa shape index (κ3) is 4.59. The molecule has 23 heavy (non-hydrogen) atoms. The van der Waals surface area contributed by atoms with Crippen LogP contribution in [0, 0.1) is 0 Å². The standard InChI is InChI=1S/C19H16ClN3/c20-16-8-12-19(13-9-16)23-21-14-15-6-10-18(11-7-15)22-17-4-2-1-3-5-17/h1-14,22-23H/b21-14-. The van der Waals surface area contributed by atoms with Crippen molar-refractivity contribution in [3.63, 3.8) is 0 Å². The largest absolute Gasteiger partial charge is 0.356 e. The van der Waals surface area contributed by atoms with Gasteiger partial charge in [-0.3, -0.25) is 5.43 Å². The lowest BCUT2D eigenvalue weighted by Crippen LogP contribution is -1.92. The Labute approximate surface area is 140 Å². The van der Waals surface area contributed by atoms with E-state index in [1.54, 1.807) is 6.21 Å². The number of hydrogen-bond donors (Lipinski definition) is 2. The highest BCUT2D eigenvalue weighted by Crippen LogP contribution is 2.16. The van der Waals surface area contributed by atoms with Crippen molar-refractivity contribution in [1.82, 2.24) is 0 Å². The van der Waals surface area contributed by atoms with Gasteiger partial charge in [0.25, 0.3) is 0 Å². The predicted octanol–water partition coefficient (Wildman–Crippen LogP) is 5.53. The summed E-state index contributed by atoms with van der Waals surface area (Å²) in [4.78, 5) is 0. The second-order valence-corrected chi connectivity index (χ2v) is 5.43. The minimum Gasteiger partial charge on any atom is -0.356 e. The maximum atomic E-state index is 5.84. The van der Waals surface area contributed by atoms with Crippen molar-refractivity contribution in [2.75, 3.05) is 10.7 Å². The molecule has 0 amide bonds. The van der Waals surface area contributed by atoms with Crippen LogP contribution >= 0.6 is 11.6 Å². The summed E-state index contributed by atoms with van der Waals surface area (Å²) in [6.07, 6.45) is 1.78. The normalized spacial score (nSPS) is 10.7. The summed E-state index contributed by atoms with van der Waals surface area (Å²) in [5.74, 6) is 0. The van der Waals surface area contributed by atoms with Gasteiger partial charge in [0.15, 0.2) is 0 Å². The highest BCUT2D eigenvalue weighted by molar-refractivity contribution is 6.30. The molecule has 0 atom stereocenters. The Bertz CT molecular complexity index is 766. The van der Waals surface area contributed by atoms with E-state index in [-0.39, 0.29) is 0 Å².